The topological polar surface area (TPSA) is 67.7 Å². The van der Waals surface area contributed by atoms with Crippen LogP contribution in [0.3, 0.4) is 0 Å². The second-order valence-electron chi connectivity index (χ2n) is 7.43. The van der Waals surface area contributed by atoms with Gasteiger partial charge in [-0.05, 0) is 48.0 Å². The van der Waals surface area contributed by atoms with Crippen LogP contribution >= 0.6 is 11.6 Å². The third-order valence-electron chi connectivity index (χ3n) is 5.49. The van der Waals surface area contributed by atoms with Gasteiger partial charge >= 0.3 is 0 Å². The zero-order valence-corrected chi connectivity index (χ0v) is 18.0. The van der Waals surface area contributed by atoms with E-state index in [4.69, 9.17) is 21.4 Å². The Bertz CT molecular complexity index is 1350. The summed E-state index contributed by atoms with van der Waals surface area (Å²) in [7, 11) is 1.63. The number of hydrogen-bond acceptors (Lipinski definition) is 5. The van der Waals surface area contributed by atoms with Gasteiger partial charge in [0.25, 0.3) is 5.91 Å². The van der Waals surface area contributed by atoms with Crippen LogP contribution < -0.4 is 4.74 Å². The Morgan fingerprint density at radius 3 is 2.62 bits per heavy atom. The summed E-state index contributed by atoms with van der Waals surface area (Å²) in [5, 5.41) is 6.79. The molecule has 158 valence electrons. The van der Waals surface area contributed by atoms with E-state index in [0.29, 0.717) is 22.8 Å². The molecule has 0 fully saturated rings. The van der Waals surface area contributed by atoms with E-state index in [0.717, 1.165) is 27.9 Å². The van der Waals surface area contributed by atoms with Gasteiger partial charge in [0, 0.05) is 35.0 Å². The number of aromatic nitrogens is 2. The summed E-state index contributed by atoms with van der Waals surface area (Å²) in [5.41, 5.74) is 4.62. The van der Waals surface area contributed by atoms with Crippen molar-refractivity contribution in [1.29, 1.82) is 0 Å². The summed E-state index contributed by atoms with van der Waals surface area (Å²) in [6.45, 7) is 0. The molecule has 32 heavy (non-hydrogen) atoms. The number of nitrogens with zero attached hydrogens (tertiary/aromatic N) is 4. The van der Waals surface area contributed by atoms with Crippen LogP contribution in [0.4, 0.5) is 0 Å². The lowest BCUT2D eigenvalue weighted by molar-refractivity contribution is 0.0711. The van der Waals surface area contributed by atoms with Crippen molar-refractivity contribution in [2.45, 2.75) is 12.5 Å². The minimum atomic E-state index is -0.298. The molecule has 2 heterocycles. The third-order valence-corrected chi connectivity index (χ3v) is 5.72. The number of para-hydroxylation sites is 1. The van der Waals surface area contributed by atoms with Crippen molar-refractivity contribution in [3.63, 3.8) is 0 Å². The van der Waals surface area contributed by atoms with Crippen LogP contribution in [-0.4, -0.2) is 33.7 Å². The number of hydrazone groups is 1. The molecule has 1 aliphatic heterocycles. The minimum absolute atomic E-state index is 0.221. The Labute approximate surface area is 190 Å². The number of amides is 1. The molecule has 5 rings (SSSR count). The van der Waals surface area contributed by atoms with Crippen LogP contribution in [0.15, 0.2) is 84.2 Å². The summed E-state index contributed by atoms with van der Waals surface area (Å²) in [5.74, 6) is 0.494. The van der Waals surface area contributed by atoms with Crippen LogP contribution in [0.25, 0.3) is 11.0 Å². The predicted molar refractivity (Wildman–Crippen MR) is 124 cm³/mol. The molecule has 0 N–H and O–H groups in total. The van der Waals surface area contributed by atoms with Crippen LogP contribution in [0.2, 0.25) is 5.02 Å². The first-order valence-electron chi connectivity index (χ1n) is 10.1. The van der Waals surface area contributed by atoms with E-state index < -0.39 is 0 Å². The van der Waals surface area contributed by atoms with Crippen molar-refractivity contribution in [3.8, 4) is 5.75 Å². The Kier molecular flexibility index (Phi) is 5.29. The van der Waals surface area contributed by atoms with Crippen molar-refractivity contribution < 1.29 is 9.53 Å². The van der Waals surface area contributed by atoms with E-state index in [1.54, 1.807) is 43.8 Å². The highest BCUT2D eigenvalue weighted by molar-refractivity contribution is 6.31. The maximum atomic E-state index is 13.5. The fourth-order valence-corrected chi connectivity index (χ4v) is 4.13. The molecular formula is C25H19ClN4O2. The minimum Gasteiger partial charge on any atom is -0.496 e. The molecule has 1 aromatic heterocycles. The smallest absolute Gasteiger partial charge is 0.274 e. The van der Waals surface area contributed by atoms with Gasteiger partial charge in [0.05, 0.1) is 29.9 Å². The SMILES string of the molecule is COc1ccccc1C1=NN(C(=O)c2cccc(Cl)c2)[C@H](c2ccc3nccnc3c2)C1. The van der Waals surface area contributed by atoms with Gasteiger partial charge in [-0.25, -0.2) is 5.01 Å². The van der Waals surface area contributed by atoms with E-state index in [1.807, 2.05) is 42.5 Å². The number of hydrogen-bond donors (Lipinski definition) is 0. The molecule has 1 amide bonds. The lowest BCUT2D eigenvalue weighted by Gasteiger charge is -2.22. The van der Waals surface area contributed by atoms with E-state index in [2.05, 4.69) is 9.97 Å². The highest BCUT2D eigenvalue weighted by Gasteiger charge is 2.34. The molecule has 0 bridgehead atoms. The molecule has 0 saturated heterocycles. The number of methoxy groups -OCH3 is 1. The molecule has 3 aromatic carbocycles. The van der Waals surface area contributed by atoms with Crippen LogP contribution in [-0.2, 0) is 0 Å². The Balaban J connectivity index is 1.60. The molecule has 4 aromatic rings. The molecule has 1 atom stereocenters. The molecule has 0 aliphatic carbocycles. The standard InChI is InChI=1S/C25H19ClN4O2/c1-32-24-8-3-2-7-19(24)21-15-23(16-9-10-20-22(14-16)28-12-11-27-20)30(29-21)25(31)17-5-4-6-18(26)13-17/h2-14,23H,15H2,1H3/t23-/m0/s1. The maximum Gasteiger partial charge on any atom is 0.274 e. The summed E-state index contributed by atoms with van der Waals surface area (Å²) in [6, 6.07) is 20.1. The van der Waals surface area contributed by atoms with E-state index >= 15 is 0 Å². The Morgan fingerprint density at radius 2 is 1.81 bits per heavy atom. The number of halogens is 1. The monoisotopic (exact) mass is 442 g/mol. The van der Waals surface area contributed by atoms with Crippen molar-refractivity contribution in [3.05, 3.63) is 101 Å². The molecule has 1 aliphatic rings. The van der Waals surface area contributed by atoms with E-state index in [-0.39, 0.29) is 11.9 Å². The van der Waals surface area contributed by atoms with Gasteiger partial charge in [-0.3, -0.25) is 14.8 Å². The lowest BCUT2D eigenvalue weighted by Crippen LogP contribution is -2.27. The summed E-state index contributed by atoms with van der Waals surface area (Å²) < 4.78 is 5.53. The van der Waals surface area contributed by atoms with Gasteiger partial charge in [0.15, 0.2) is 0 Å². The van der Waals surface area contributed by atoms with Crippen molar-refractivity contribution in [1.82, 2.24) is 15.0 Å². The fraction of sp³-hybridized carbons (Fsp3) is 0.120. The largest absolute Gasteiger partial charge is 0.496 e. The zero-order chi connectivity index (χ0) is 22.1. The number of carbonyl (C=O) groups excluding carboxylic acids is 1. The van der Waals surface area contributed by atoms with Gasteiger partial charge < -0.3 is 4.74 Å². The van der Waals surface area contributed by atoms with E-state index in [9.17, 15) is 4.79 Å². The normalized spacial score (nSPS) is 15.6. The quantitative estimate of drug-likeness (QED) is 0.431. The number of ether oxygens (including phenoxy) is 1. The highest BCUT2D eigenvalue weighted by Crippen LogP contribution is 2.36. The predicted octanol–water partition coefficient (Wildman–Crippen LogP) is 5.28. The molecule has 0 spiro atoms. The first-order chi connectivity index (χ1) is 15.6. The van der Waals surface area contributed by atoms with Crippen molar-refractivity contribution in [2.75, 3.05) is 7.11 Å². The molecule has 6 nitrogen and oxygen atoms in total. The van der Waals surface area contributed by atoms with E-state index in [1.165, 1.54) is 5.01 Å². The van der Waals surface area contributed by atoms with Crippen LogP contribution in [0, 0.1) is 0 Å². The zero-order valence-electron chi connectivity index (χ0n) is 17.3. The molecule has 0 saturated carbocycles. The number of benzene rings is 3. The van der Waals surface area contributed by atoms with Crippen molar-refractivity contribution >= 4 is 34.3 Å². The number of carbonyl (C=O) groups is 1. The van der Waals surface area contributed by atoms with Gasteiger partial charge in [-0.2, -0.15) is 5.10 Å². The Hall–Kier alpha value is -3.77. The lowest BCUT2D eigenvalue weighted by atomic mass is 9.97. The first-order valence-corrected chi connectivity index (χ1v) is 10.5. The van der Waals surface area contributed by atoms with Crippen LogP contribution in [0.5, 0.6) is 5.75 Å². The molecule has 7 heteroatoms. The van der Waals surface area contributed by atoms with Gasteiger partial charge in [0.2, 0.25) is 0 Å². The fourth-order valence-electron chi connectivity index (χ4n) is 3.94. The van der Waals surface area contributed by atoms with Gasteiger partial charge in [-0.15, -0.1) is 0 Å². The average molecular weight is 443 g/mol. The summed E-state index contributed by atoms with van der Waals surface area (Å²) in [4.78, 5) is 22.2. The number of rotatable bonds is 4. The summed E-state index contributed by atoms with van der Waals surface area (Å²) >= 11 is 6.14. The second-order valence-corrected chi connectivity index (χ2v) is 7.87. The highest BCUT2D eigenvalue weighted by atomic mass is 35.5. The molecule has 0 radical (unpaired) electrons. The number of fused-ring (bicyclic) bond motifs is 1. The Morgan fingerprint density at radius 1 is 1.00 bits per heavy atom. The van der Waals surface area contributed by atoms with Crippen LogP contribution in [0.1, 0.15) is 33.9 Å². The van der Waals surface area contributed by atoms with Crippen molar-refractivity contribution in [2.24, 2.45) is 5.10 Å². The molecular weight excluding hydrogens is 424 g/mol. The average Bonchev–Trinajstić information content (AvgIpc) is 3.28. The summed E-state index contributed by atoms with van der Waals surface area (Å²) in [6.07, 6.45) is 3.86. The third kappa shape index (κ3) is 3.69. The van der Waals surface area contributed by atoms with Gasteiger partial charge in [-0.1, -0.05) is 35.9 Å². The maximum absolute atomic E-state index is 13.5. The molecule has 0 unspecified atom stereocenters. The first kappa shape index (κ1) is 20.2. The van der Waals surface area contributed by atoms with Gasteiger partial charge in [0.1, 0.15) is 5.75 Å². The second kappa shape index (κ2) is 8.40.